The molecule has 0 spiro atoms. The molecule has 2 unspecified atom stereocenters. The Balaban J connectivity index is 0.923. The number of hydrogen-bond acceptors (Lipinski definition) is 6. The van der Waals surface area contributed by atoms with E-state index in [1.54, 1.807) is 11.8 Å². The Morgan fingerprint density at radius 2 is 1.28 bits per heavy atom. The summed E-state index contributed by atoms with van der Waals surface area (Å²) in [5, 5.41) is 9.66. The Hall–Kier alpha value is -0.380. The van der Waals surface area contributed by atoms with Crippen molar-refractivity contribution in [2.75, 3.05) is 11.5 Å². The summed E-state index contributed by atoms with van der Waals surface area (Å²) >= 11 is 5.50. The van der Waals surface area contributed by atoms with Crippen molar-refractivity contribution in [2.45, 2.75) is 139 Å². The molecule has 6 aliphatic rings. The molecule has 6 fully saturated rings. The van der Waals surface area contributed by atoms with E-state index >= 15 is 0 Å². The van der Waals surface area contributed by atoms with Crippen LogP contribution in [0.4, 0.5) is 0 Å². The van der Waals surface area contributed by atoms with E-state index in [-0.39, 0.29) is 16.8 Å². The van der Waals surface area contributed by atoms with E-state index in [1.165, 1.54) is 103 Å². The van der Waals surface area contributed by atoms with Crippen LogP contribution < -0.4 is 0 Å². The molecule has 1 aliphatic heterocycles. The molecule has 1 saturated heterocycles. The number of nitriles is 1. The molecule has 238 valence electrons. The Bertz CT molecular complexity index is 1030. The Morgan fingerprint density at radius 1 is 0.744 bits per heavy atom. The van der Waals surface area contributed by atoms with Gasteiger partial charge in [-0.25, -0.2) is 0 Å². The molecule has 0 bridgehead atoms. The first-order valence-corrected chi connectivity index (χ1v) is 21.1. The van der Waals surface area contributed by atoms with Gasteiger partial charge in [0.15, 0.2) is 11.6 Å². The highest BCUT2D eigenvalue weighted by molar-refractivity contribution is 8.25. The minimum absolute atomic E-state index is 0.122. The maximum Gasteiger partial charge on any atom is 0.181 e. The predicted octanol–water partition coefficient (Wildman–Crippen LogP) is 10.2. The zero-order valence-electron chi connectivity index (χ0n) is 26.6. The van der Waals surface area contributed by atoms with Crippen LogP contribution in [0.25, 0.3) is 0 Å². The second-order valence-corrected chi connectivity index (χ2v) is 19.0. The Labute approximate surface area is 274 Å². The van der Waals surface area contributed by atoms with Crippen molar-refractivity contribution in [2.24, 2.45) is 47.3 Å². The Morgan fingerprint density at radius 3 is 1.86 bits per heavy atom. The number of thioether (sulfide) groups is 3. The summed E-state index contributed by atoms with van der Waals surface area (Å²) in [7, 11) is 0. The maximum absolute atomic E-state index is 13.5. The van der Waals surface area contributed by atoms with Crippen LogP contribution >= 0.6 is 35.3 Å². The van der Waals surface area contributed by atoms with E-state index in [2.05, 4.69) is 13.0 Å². The highest BCUT2D eigenvalue weighted by Gasteiger charge is 2.43. The van der Waals surface area contributed by atoms with Crippen molar-refractivity contribution < 1.29 is 9.59 Å². The molecule has 0 N–H and O–H groups in total. The van der Waals surface area contributed by atoms with E-state index in [4.69, 9.17) is 0 Å². The summed E-state index contributed by atoms with van der Waals surface area (Å²) in [5.74, 6) is 8.76. The molecule has 5 aliphatic carbocycles. The summed E-state index contributed by atoms with van der Waals surface area (Å²) in [6, 6.07) is 2.49. The smallest absolute Gasteiger partial charge is 0.181 e. The molecule has 43 heavy (non-hydrogen) atoms. The minimum Gasteiger partial charge on any atom is -0.294 e. The molecule has 6 heteroatoms. The summed E-state index contributed by atoms with van der Waals surface area (Å²) in [6.07, 6.45) is 24.5. The molecule has 3 nitrogen and oxygen atoms in total. The zero-order chi connectivity index (χ0) is 29.8. The molecule has 1 heterocycles. The van der Waals surface area contributed by atoms with Gasteiger partial charge in [-0.2, -0.15) is 5.26 Å². The molecule has 0 aromatic carbocycles. The van der Waals surface area contributed by atoms with Gasteiger partial charge in [-0.1, -0.05) is 32.6 Å². The predicted molar refractivity (Wildman–Crippen MR) is 184 cm³/mol. The van der Waals surface area contributed by atoms with Crippen molar-refractivity contribution >= 4 is 46.9 Å². The first-order chi connectivity index (χ1) is 21.0. The number of carbonyl (C=O) groups is 2. The summed E-state index contributed by atoms with van der Waals surface area (Å²) in [4.78, 5) is 26.6. The van der Waals surface area contributed by atoms with Crippen LogP contribution in [0.15, 0.2) is 9.81 Å². The molecule has 0 amide bonds. The normalized spacial score (nSPS) is 42.7. The standard InChI is InChI=1S/C37H55NO2S3/c1-2-3-24-4-10-27(11-5-24)29-14-8-26(9-15-29)22-41-33-20-32(39)35(36(33)40)37-42-23-34(43-37)31-18-16-30(17-19-31)28-12-6-25(21-38)7-13-28/h24-31,33-34H,2-20,22-23H2,1H3/b37-35+. The largest absolute Gasteiger partial charge is 0.294 e. The maximum atomic E-state index is 13.5. The molecule has 0 aromatic heterocycles. The number of hydrogen-bond donors (Lipinski definition) is 0. The highest BCUT2D eigenvalue weighted by Crippen LogP contribution is 2.52. The molecule has 0 aromatic rings. The molecule has 0 radical (unpaired) electrons. The SMILES string of the molecule is CCCC1CCC(C2CCC(CSC3CC(=O)/C(=C4/SCC(C5CCC(C6CCC(C#N)CC6)CC5)S4)C3=O)CC2)CC1. The second kappa shape index (κ2) is 15.5. The summed E-state index contributed by atoms with van der Waals surface area (Å²) in [6.45, 7) is 2.33. The molecule has 6 rings (SSSR count). The first-order valence-electron chi connectivity index (χ1n) is 18.1. The minimum atomic E-state index is -0.131. The molecule has 5 saturated carbocycles. The fourth-order valence-corrected chi connectivity index (χ4v) is 14.6. The van der Waals surface area contributed by atoms with Crippen molar-refractivity contribution in [3.05, 3.63) is 9.81 Å². The quantitative estimate of drug-likeness (QED) is 0.194. The number of nitrogens with zero attached hydrogens (tertiary/aromatic N) is 1. The van der Waals surface area contributed by atoms with Crippen LogP contribution in [0.3, 0.4) is 0 Å². The average molecular weight is 642 g/mol. The van der Waals surface area contributed by atoms with Crippen molar-refractivity contribution in [1.82, 2.24) is 0 Å². The topological polar surface area (TPSA) is 57.9 Å². The van der Waals surface area contributed by atoms with Crippen molar-refractivity contribution in [3.63, 3.8) is 0 Å². The fourth-order valence-electron chi connectivity index (χ4n) is 9.88. The lowest BCUT2D eigenvalue weighted by atomic mass is 9.69. The van der Waals surface area contributed by atoms with Crippen LogP contribution in [0.5, 0.6) is 0 Å². The van der Waals surface area contributed by atoms with Crippen molar-refractivity contribution in [3.8, 4) is 6.07 Å². The van der Waals surface area contributed by atoms with Gasteiger partial charge in [0.25, 0.3) is 0 Å². The summed E-state index contributed by atoms with van der Waals surface area (Å²) in [5.41, 5.74) is 0.584. The van der Waals surface area contributed by atoms with Crippen LogP contribution in [0.2, 0.25) is 0 Å². The van der Waals surface area contributed by atoms with Gasteiger partial charge < -0.3 is 0 Å². The lowest BCUT2D eigenvalue weighted by molar-refractivity contribution is -0.116. The third-order valence-corrected chi connectivity index (χ3v) is 17.2. The zero-order valence-corrected chi connectivity index (χ0v) is 29.1. The second-order valence-electron chi connectivity index (χ2n) is 15.2. The number of carbonyl (C=O) groups excluding carboxylic acids is 2. The third kappa shape index (κ3) is 7.96. The summed E-state index contributed by atoms with van der Waals surface area (Å²) < 4.78 is 1.06. The van der Waals surface area contributed by atoms with E-state index in [0.717, 1.165) is 70.0 Å². The molecular formula is C37H55NO2S3. The van der Waals surface area contributed by atoms with Gasteiger partial charge in [0, 0.05) is 23.3 Å². The van der Waals surface area contributed by atoms with Gasteiger partial charge in [0.05, 0.1) is 21.1 Å². The Kier molecular flexibility index (Phi) is 11.7. The van der Waals surface area contributed by atoms with E-state index in [1.807, 2.05) is 23.5 Å². The van der Waals surface area contributed by atoms with Crippen LogP contribution in [-0.4, -0.2) is 33.6 Å². The van der Waals surface area contributed by atoms with Crippen molar-refractivity contribution in [1.29, 1.82) is 5.26 Å². The highest BCUT2D eigenvalue weighted by atomic mass is 32.2. The van der Waals surface area contributed by atoms with Gasteiger partial charge >= 0.3 is 0 Å². The monoisotopic (exact) mass is 641 g/mol. The van der Waals surface area contributed by atoms with Crippen LogP contribution in [-0.2, 0) is 9.59 Å². The lowest BCUT2D eigenvalue weighted by Crippen LogP contribution is -2.29. The van der Waals surface area contributed by atoms with Gasteiger partial charge in [-0.05, 0) is 137 Å². The number of Topliss-reactive ketones (excluding diaryl/α,β-unsaturated/α-hetero) is 2. The lowest BCUT2D eigenvalue weighted by Gasteiger charge is -2.38. The van der Waals surface area contributed by atoms with Gasteiger partial charge in [0.2, 0.25) is 0 Å². The van der Waals surface area contributed by atoms with E-state index in [9.17, 15) is 14.9 Å². The fraction of sp³-hybridized carbons (Fsp3) is 0.865. The van der Waals surface area contributed by atoms with Crippen LogP contribution in [0.1, 0.15) is 129 Å². The number of ketones is 2. The average Bonchev–Trinajstić information content (AvgIpc) is 3.64. The molecular weight excluding hydrogens is 587 g/mol. The van der Waals surface area contributed by atoms with E-state index < -0.39 is 0 Å². The first kappa shape index (κ1) is 32.6. The van der Waals surface area contributed by atoms with Crippen LogP contribution in [0, 0.1) is 58.7 Å². The van der Waals surface area contributed by atoms with E-state index in [0.29, 0.717) is 23.2 Å². The number of rotatable bonds is 8. The van der Waals surface area contributed by atoms with Gasteiger partial charge in [0.1, 0.15) is 0 Å². The van der Waals surface area contributed by atoms with Gasteiger partial charge in [-0.15, -0.1) is 35.3 Å². The molecule has 2 atom stereocenters. The van der Waals surface area contributed by atoms with Gasteiger partial charge in [-0.3, -0.25) is 9.59 Å². The third-order valence-electron chi connectivity index (χ3n) is 12.7. The number of allylic oxidation sites excluding steroid dienone is 1.